The maximum Gasteiger partial charge on any atom is 0.573 e. The number of para-hydroxylation sites is 1. The molecule has 0 fully saturated rings. The molecule has 0 amide bonds. The summed E-state index contributed by atoms with van der Waals surface area (Å²) >= 11 is 0. The lowest BCUT2D eigenvalue weighted by atomic mass is 10.2. The molecule has 23 heavy (non-hydrogen) atoms. The fourth-order valence-electron chi connectivity index (χ4n) is 1.88. The predicted octanol–water partition coefficient (Wildman–Crippen LogP) is 3.02. The van der Waals surface area contributed by atoms with E-state index in [9.17, 15) is 21.6 Å². The highest BCUT2D eigenvalue weighted by Gasteiger charge is 2.34. The molecular formula is C14H13F3N2O3S. The number of hydrogen-bond donors (Lipinski definition) is 1. The van der Waals surface area contributed by atoms with E-state index < -0.39 is 33.1 Å². The van der Waals surface area contributed by atoms with Crippen LogP contribution in [0.4, 0.5) is 13.2 Å². The van der Waals surface area contributed by atoms with Gasteiger partial charge in [0.1, 0.15) is 10.6 Å². The van der Waals surface area contributed by atoms with E-state index in [-0.39, 0.29) is 0 Å². The number of pyridine rings is 1. The normalized spacial score (nSPS) is 13.6. The van der Waals surface area contributed by atoms with Crippen LogP contribution in [-0.2, 0) is 10.0 Å². The molecule has 9 heteroatoms. The summed E-state index contributed by atoms with van der Waals surface area (Å²) < 4.78 is 67.9. The number of aromatic nitrogens is 1. The number of benzene rings is 1. The van der Waals surface area contributed by atoms with Gasteiger partial charge in [0.25, 0.3) is 0 Å². The SMILES string of the molecule is C[C@H](NS(=O)(=O)c1ccccc1OC(F)(F)F)c1cccnc1. The van der Waals surface area contributed by atoms with Gasteiger partial charge in [-0.05, 0) is 30.7 Å². The maximum absolute atomic E-state index is 12.4. The summed E-state index contributed by atoms with van der Waals surface area (Å²) in [7, 11) is -4.21. The van der Waals surface area contributed by atoms with Crippen molar-refractivity contribution in [3.05, 3.63) is 54.4 Å². The van der Waals surface area contributed by atoms with Gasteiger partial charge in [-0.15, -0.1) is 13.2 Å². The Kier molecular flexibility index (Phi) is 4.90. The zero-order valence-corrected chi connectivity index (χ0v) is 12.7. The van der Waals surface area contributed by atoms with E-state index >= 15 is 0 Å². The van der Waals surface area contributed by atoms with E-state index in [1.807, 2.05) is 0 Å². The van der Waals surface area contributed by atoms with Crippen LogP contribution in [0.25, 0.3) is 0 Å². The lowest BCUT2D eigenvalue weighted by molar-refractivity contribution is -0.275. The second-order valence-corrected chi connectivity index (χ2v) is 6.31. The zero-order valence-electron chi connectivity index (χ0n) is 11.9. The van der Waals surface area contributed by atoms with Gasteiger partial charge in [-0.2, -0.15) is 0 Å². The van der Waals surface area contributed by atoms with E-state index in [4.69, 9.17) is 0 Å². The molecule has 0 saturated heterocycles. The van der Waals surface area contributed by atoms with Crippen molar-refractivity contribution in [2.24, 2.45) is 0 Å². The Bertz CT molecular complexity index is 764. The topological polar surface area (TPSA) is 68.3 Å². The Morgan fingerprint density at radius 3 is 2.48 bits per heavy atom. The molecule has 124 valence electrons. The molecule has 0 aliphatic heterocycles. The Morgan fingerprint density at radius 2 is 1.87 bits per heavy atom. The number of alkyl halides is 3. The highest BCUT2D eigenvalue weighted by atomic mass is 32.2. The third-order valence-corrected chi connectivity index (χ3v) is 4.46. The highest BCUT2D eigenvalue weighted by molar-refractivity contribution is 7.89. The van der Waals surface area contributed by atoms with Gasteiger partial charge in [-0.1, -0.05) is 18.2 Å². The van der Waals surface area contributed by atoms with Crippen LogP contribution in [0.5, 0.6) is 5.75 Å². The first kappa shape index (κ1) is 17.2. The van der Waals surface area contributed by atoms with Crippen LogP contribution in [0.3, 0.4) is 0 Å². The van der Waals surface area contributed by atoms with Gasteiger partial charge in [-0.25, -0.2) is 13.1 Å². The lowest BCUT2D eigenvalue weighted by Gasteiger charge is -2.17. The minimum atomic E-state index is -4.99. The molecule has 0 aliphatic carbocycles. The molecule has 0 radical (unpaired) electrons. The fraction of sp³-hybridized carbons (Fsp3) is 0.214. The summed E-state index contributed by atoms with van der Waals surface area (Å²) in [5.41, 5.74) is 0.574. The van der Waals surface area contributed by atoms with Gasteiger partial charge in [0.2, 0.25) is 10.0 Å². The molecule has 2 rings (SSSR count). The summed E-state index contributed by atoms with van der Waals surface area (Å²) in [5.74, 6) is -0.786. The van der Waals surface area contributed by atoms with Gasteiger partial charge < -0.3 is 4.74 Å². The van der Waals surface area contributed by atoms with Gasteiger partial charge >= 0.3 is 6.36 Å². The average Bonchev–Trinajstić information content (AvgIpc) is 2.46. The monoisotopic (exact) mass is 346 g/mol. The number of halogens is 3. The van der Waals surface area contributed by atoms with Gasteiger partial charge in [-0.3, -0.25) is 4.98 Å². The highest BCUT2D eigenvalue weighted by Crippen LogP contribution is 2.30. The largest absolute Gasteiger partial charge is 0.573 e. The second-order valence-electron chi connectivity index (χ2n) is 4.62. The molecular weight excluding hydrogens is 333 g/mol. The number of sulfonamides is 1. The minimum absolute atomic E-state index is 0.574. The van der Waals surface area contributed by atoms with E-state index in [0.717, 1.165) is 12.1 Å². The number of ether oxygens (including phenoxy) is 1. The predicted molar refractivity (Wildman–Crippen MR) is 76.1 cm³/mol. The molecule has 1 aromatic heterocycles. The van der Waals surface area contributed by atoms with Crippen LogP contribution in [0.1, 0.15) is 18.5 Å². The summed E-state index contributed by atoms with van der Waals surface area (Å²) in [6.07, 6.45) is -2.00. The molecule has 0 spiro atoms. The summed E-state index contributed by atoms with van der Waals surface area (Å²) in [4.78, 5) is 3.28. The lowest BCUT2D eigenvalue weighted by Crippen LogP contribution is -2.28. The van der Waals surface area contributed by atoms with Gasteiger partial charge in [0.15, 0.2) is 0 Å². The van der Waals surface area contributed by atoms with Crippen LogP contribution in [0.15, 0.2) is 53.7 Å². The first-order chi connectivity index (χ1) is 10.7. The molecule has 1 atom stereocenters. The Balaban J connectivity index is 2.30. The quantitative estimate of drug-likeness (QED) is 0.904. The number of hydrogen-bond acceptors (Lipinski definition) is 4. The molecule has 0 aliphatic rings. The Labute approximate surface area is 131 Å². The average molecular weight is 346 g/mol. The molecule has 0 bridgehead atoms. The second kappa shape index (κ2) is 6.55. The summed E-state index contributed by atoms with van der Waals surface area (Å²) in [5, 5.41) is 0. The third kappa shape index (κ3) is 4.67. The standard InChI is InChI=1S/C14H13F3N2O3S/c1-10(11-5-4-8-18-9-11)19-23(20,21)13-7-3-2-6-12(13)22-14(15,16)17/h2-10,19H,1H3/t10-/m0/s1. The van der Waals surface area contributed by atoms with Crippen molar-refractivity contribution in [2.45, 2.75) is 24.2 Å². The van der Waals surface area contributed by atoms with Crippen LogP contribution >= 0.6 is 0 Å². The Hall–Kier alpha value is -2.13. The summed E-state index contributed by atoms with van der Waals surface area (Å²) in [6, 6.07) is 7.15. The molecule has 1 N–H and O–H groups in total. The molecule has 0 saturated carbocycles. The van der Waals surface area contributed by atoms with Crippen LogP contribution < -0.4 is 9.46 Å². The van der Waals surface area contributed by atoms with Crippen molar-refractivity contribution in [3.63, 3.8) is 0 Å². The first-order valence-electron chi connectivity index (χ1n) is 6.46. The van der Waals surface area contributed by atoms with Crippen LogP contribution in [0.2, 0.25) is 0 Å². The number of nitrogens with zero attached hydrogens (tertiary/aromatic N) is 1. The summed E-state index contributed by atoms with van der Waals surface area (Å²) in [6.45, 7) is 1.56. The molecule has 5 nitrogen and oxygen atoms in total. The number of nitrogens with one attached hydrogen (secondary N) is 1. The van der Waals surface area contributed by atoms with E-state index in [2.05, 4.69) is 14.4 Å². The van der Waals surface area contributed by atoms with Crippen molar-refractivity contribution in [2.75, 3.05) is 0 Å². The molecule has 1 heterocycles. The van der Waals surface area contributed by atoms with Crippen LogP contribution in [0, 0.1) is 0 Å². The molecule has 2 aromatic rings. The van der Waals surface area contributed by atoms with Crippen LogP contribution in [-0.4, -0.2) is 19.8 Å². The third-order valence-electron chi connectivity index (χ3n) is 2.88. The van der Waals surface area contributed by atoms with Crippen molar-refractivity contribution in [3.8, 4) is 5.75 Å². The zero-order chi connectivity index (χ0) is 17.1. The van der Waals surface area contributed by atoms with Crippen molar-refractivity contribution < 1.29 is 26.3 Å². The van der Waals surface area contributed by atoms with Gasteiger partial charge in [0, 0.05) is 18.4 Å². The van der Waals surface area contributed by atoms with Gasteiger partial charge in [0.05, 0.1) is 0 Å². The van der Waals surface area contributed by atoms with Crippen molar-refractivity contribution in [1.29, 1.82) is 0 Å². The first-order valence-corrected chi connectivity index (χ1v) is 7.94. The molecule has 0 unspecified atom stereocenters. The number of rotatable bonds is 5. The Morgan fingerprint density at radius 1 is 1.17 bits per heavy atom. The fourth-order valence-corrected chi connectivity index (χ4v) is 3.24. The van der Waals surface area contributed by atoms with Crippen molar-refractivity contribution >= 4 is 10.0 Å². The van der Waals surface area contributed by atoms with Crippen molar-refractivity contribution in [1.82, 2.24) is 9.71 Å². The minimum Gasteiger partial charge on any atom is -0.404 e. The van der Waals surface area contributed by atoms with E-state index in [0.29, 0.717) is 5.56 Å². The van der Waals surface area contributed by atoms with E-state index in [1.165, 1.54) is 24.5 Å². The maximum atomic E-state index is 12.4. The molecule has 1 aromatic carbocycles. The van der Waals surface area contributed by atoms with E-state index in [1.54, 1.807) is 19.1 Å². The smallest absolute Gasteiger partial charge is 0.404 e.